The third-order valence-corrected chi connectivity index (χ3v) is 6.46. The summed E-state index contributed by atoms with van der Waals surface area (Å²) in [5.74, 6) is -0.537. The largest absolute Gasteiger partial charge is 0.416 e. The van der Waals surface area contributed by atoms with E-state index in [9.17, 15) is 18.0 Å². The average Bonchev–Trinajstić information content (AvgIpc) is 3.43. The fraction of sp³-hybridized carbons (Fsp3) is 0.227. The number of halogens is 4. The Bertz CT molecular complexity index is 1250. The molecule has 0 saturated heterocycles. The molecule has 5 nitrogen and oxygen atoms in total. The molecule has 0 aliphatic carbocycles. The van der Waals surface area contributed by atoms with Crippen molar-refractivity contribution in [3.63, 3.8) is 0 Å². The highest BCUT2D eigenvalue weighted by molar-refractivity contribution is 7.22. The summed E-state index contributed by atoms with van der Waals surface area (Å²) < 4.78 is 42.3. The predicted molar refractivity (Wildman–Crippen MR) is 119 cm³/mol. The zero-order chi connectivity index (χ0) is 22.9. The van der Waals surface area contributed by atoms with Gasteiger partial charge in [0, 0.05) is 36.1 Å². The van der Waals surface area contributed by atoms with Crippen molar-refractivity contribution in [3.05, 3.63) is 76.8 Å². The maximum absolute atomic E-state index is 13.3. The predicted octanol–water partition coefficient (Wildman–Crippen LogP) is 6.21. The highest BCUT2D eigenvalue weighted by Gasteiger charge is 2.32. The summed E-state index contributed by atoms with van der Waals surface area (Å²) in [7, 11) is 0. The Kier molecular flexibility index (Phi) is 6.21. The first-order chi connectivity index (χ1) is 15.2. The summed E-state index contributed by atoms with van der Waals surface area (Å²) in [4.78, 5) is 23.4. The number of hydrogen-bond acceptors (Lipinski definition) is 4. The van der Waals surface area contributed by atoms with Gasteiger partial charge in [-0.05, 0) is 49.2 Å². The lowest BCUT2D eigenvalue weighted by Crippen LogP contribution is -2.32. The van der Waals surface area contributed by atoms with E-state index in [-0.39, 0.29) is 12.1 Å². The minimum absolute atomic E-state index is 0.0449. The molecule has 0 spiro atoms. The second kappa shape index (κ2) is 8.91. The second-order valence-corrected chi connectivity index (χ2v) is 8.62. The first-order valence-electron chi connectivity index (χ1n) is 9.74. The molecule has 32 heavy (non-hydrogen) atoms. The van der Waals surface area contributed by atoms with Crippen molar-refractivity contribution in [2.75, 3.05) is 11.4 Å². The highest BCUT2D eigenvalue weighted by atomic mass is 35.5. The van der Waals surface area contributed by atoms with E-state index in [1.165, 1.54) is 28.4 Å². The smallest absolute Gasteiger partial charge is 0.337 e. The molecule has 0 radical (unpaired) electrons. The molecule has 10 heteroatoms. The molecule has 0 aliphatic heterocycles. The molecule has 4 aromatic rings. The lowest BCUT2D eigenvalue weighted by Gasteiger charge is -2.20. The average molecular weight is 479 g/mol. The molecule has 0 N–H and O–H groups in total. The van der Waals surface area contributed by atoms with Crippen molar-refractivity contribution in [3.8, 4) is 0 Å². The lowest BCUT2D eigenvalue weighted by molar-refractivity contribution is -0.137. The molecule has 0 bridgehead atoms. The minimum atomic E-state index is -4.54. The van der Waals surface area contributed by atoms with Crippen LogP contribution in [0.2, 0.25) is 5.02 Å². The zero-order valence-corrected chi connectivity index (χ0v) is 18.5. The van der Waals surface area contributed by atoms with Crippen LogP contribution in [0.25, 0.3) is 10.2 Å². The number of anilines is 1. The van der Waals surface area contributed by atoms with Gasteiger partial charge in [0.1, 0.15) is 0 Å². The van der Waals surface area contributed by atoms with E-state index in [0.717, 1.165) is 22.4 Å². The summed E-state index contributed by atoms with van der Waals surface area (Å²) in [5, 5.41) is 0.976. The van der Waals surface area contributed by atoms with E-state index in [1.54, 1.807) is 18.6 Å². The van der Waals surface area contributed by atoms with Gasteiger partial charge in [-0.1, -0.05) is 29.0 Å². The highest BCUT2D eigenvalue weighted by Crippen LogP contribution is 2.35. The van der Waals surface area contributed by atoms with E-state index in [2.05, 4.69) is 9.97 Å². The first-order valence-corrected chi connectivity index (χ1v) is 10.9. The summed E-state index contributed by atoms with van der Waals surface area (Å²) in [5.41, 5.74) is 0.551. The van der Waals surface area contributed by atoms with Crippen LogP contribution in [-0.2, 0) is 12.7 Å². The van der Waals surface area contributed by atoms with Crippen LogP contribution in [0.5, 0.6) is 0 Å². The SMILES string of the molecule is Cc1c(Cl)ccc2sc(N(CCCn3ccnc3)C(=O)c3cccc(C(F)(F)F)c3)nc12. The maximum atomic E-state index is 13.3. The van der Waals surface area contributed by atoms with Crippen LogP contribution in [0.1, 0.15) is 27.9 Å². The zero-order valence-electron chi connectivity index (χ0n) is 16.9. The number of aryl methyl sites for hydroxylation is 2. The fourth-order valence-corrected chi connectivity index (χ4v) is 4.51. The van der Waals surface area contributed by atoms with E-state index in [0.29, 0.717) is 28.6 Å². The lowest BCUT2D eigenvalue weighted by atomic mass is 10.1. The molecular formula is C22H18ClF3N4OS. The van der Waals surface area contributed by atoms with Crippen LogP contribution in [0, 0.1) is 6.92 Å². The number of rotatable bonds is 6. The molecule has 1 amide bonds. The number of alkyl halides is 3. The van der Waals surface area contributed by atoms with Gasteiger partial charge in [-0.25, -0.2) is 9.97 Å². The van der Waals surface area contributed by atoms with Gasteiger partial charge in [0.15, 0.2) is 5.13 Å². The molecule has 4 rings (SSSR count). The Morgan fingerprint density at radius 2 is 2.06 bits per heavy atom. The van der Waals surface area contributed by atoms with E-state index >= 15 is 0 Å². The number of imidazole rings is 1. The third kappa shape index (κ3) is 4.63. The van der Waals surface area contributed by atoms with Crippen molar-refractivity contribution < 1.29 is 18.0 Å². The van der Waals surface area contributed by atoms with Gasteiger partial charge in [-0.2, -0.15) is 13.2 Å². The molecule has 0 aliphatic rings. The topological polar surface area (TPSA) is 51.0 Å². The number of thiazole rings is 1. The van der Waals surface area contributed by atoms with Gasteiger partial charge in [0.2, 0.25) is 0 Å². The van der Waals surface area contributed by atoms with Gasteiger partial charge in [0.25, 0.3) is 5.91 Å². The van der Waals surface area contributed by atoms with Crippen molar-refractivity contribution in [1.82, 2.24) is 14.5 Å². The number of amides is 1. The van der Waals surface area contributed by atoms with Gasteiger partial charge in [-0.15, -0.1) is 0 Å². The van der Waals surface area contributed by atoms with Gasteiger partial charge in [0.05, 0.1) is 22.1 Å². The molecule has 2 heterocycles. The monoisotopic (exact) mass is 478 g/mol. The summed E-state index contributed by atoms with van der Waals surface area (Å²) >= 11 is 7.51. The summed E-state index contributed by atoms with van der Waals surface area (Å²) in [6.07, 6.45) is 1.17. The van der Waals surface area contributed by atoms with Crippen LogP contribution in [0.4, 0.5) is 18.3 Å². The van der Waals surface area contributed by atoms with Crippen LogP contribution in [-0.4, -0.2) is 27.0 Å². The van der Waals surface area contributed by atoms with Gasteiger partial charge < -0.3 is 4.57 Å². The first kappa shape index (κ1) is 22.3. The van der Waals surface area contributed by atoms with E-state index in [1.807, 2.05) is 23.8 Å². The van der Waals surface area contributed by atoms with E-state index < -0.39 is 17.6 Å². The summed E-state index contributed by atoms with van der Waals surface area (Å²) in [6, 6.07) is 8.03. The Hall–Kier alpha value is -2.91. The maximum Gasteiger partial charge on any atom is 0.416 e. The second-order valence-electron chi connectivity index (χ2n) is 7.20. The number of carbonyl (C=O) groups is 1. The molecule has 2 aromatic carbocycles. The van der Waals surface area contributed by atoms with Gasteiger partial charge >= 0.3 is 6.18 Å². The molecule has 0 fully saturated rings. The van der Waals surface area contributed by atoms with Crippen LogP contribution < -0.4 is 4.90 Å². The number of hydrogen-bond donors (Lipinski definition) is 0. The van der Waals surface area contributed by atoms with Crippen LogP contribution in [0.3, 0.4) is 0 Å². The van der Waals surface area contributed by atoms with E-state index in [4.69, 9.17) is 11.6 Å². The standard InChI is InChI=1S/C22H18ClF3N4OS/c1-14-17(23)6-7-18-19(14)28-21(32-18)30(10-3-9-29-11-8-27-13-29)20(31)15-4-2-5-16(12-15)22(24,25)26/h2,4-8,11-13H,3,9-10H2,1H3. The van der Waals surface area contributed by atoms with Crippen molar-refractivity contribution in [2.45, 2.75) is 26.1 Å². The number of fused-ring (bicyclic) bond motifs is 1. The Balaban J connectivity index is 1.69. The third-order valence-electron chi connectivity index (χ3n) is 5.01. The molecule has 166 valence electrons. The number of carbonyl (C=O) groups excluding carboxylic acids is 1. The minimum Gasteiger partial charge on any atom is -0.337 e. The molecular weight excluding hydrogens is 461 g/mol. The normalized spacial score (nSPS) is 11.8. The molecule has 0 saturated carbocycles. The van der Waals surface area contributed by atoms with Crippen LogP contribution in [0.15, 0.2) is 55.1 Å². The number of nitrogens with zero attached hydrogens (tertiary/aromatic N) is 4. The van der Waals surface area contributed by atoms with Crippen molar-refractivity contribution >= 4 is 44.2 Å². The number of aromatic nitrogens is 3. The Labute approximate surface area is 191 Å². The fourth-order valence-electron chi connectivity index (χ4n) is 3.30. The number of benzene rings is 2. The van der Waals surface area contributed by atoms with Gasteiger partial charge in [-0.3, -0.25) is 9.69 Å². The quantitative estimate of drug-likeness (QED) is 0.331. The van der Waals surface area contributed by atoms with Crippen molar-refractivity contribution in [2.24, 2.45) is 0 Å². The molecule has 0 atom stereocenters. The molecule has 2 aromatic heterocycles. The Morgan fingerprint density at radius 1 is 1.25 bits per heavy atom. The van der Waals surface area contributed by atoms with Crippen LogP contribution >= 0.6 is 22.9 Å². The summed E-state index contributed by atoms with van der Waals surface area (Å²) in [6.45, 7) is 2.72. The van der Waals surface area contributed by atoms with Crippen molar-refractivity contribution in [1.29, 1.82) is 0 Å². The molecule has 0 unspecified atom stereocenters. The Morgan fingerprint density at radius 3 is 2.78 bits per heavy atom.